The summed E-state index contributed by atoms with van der Waals surface area (Å²) in [5.74, 6) is 0.452. The predicted octanol–water partition coefficient (Wildman–Crippen LogP) is 0.503. The van der Waals surface area contributed by atoms with Gasteiger partial charge in [-0.3, -0.25) is 14.9 Å². The van der Waals surface area contributed by atoms with Gasteiger partial charge < -0.3 is 0 Å². The molecular weight excluding hydrogens is 208 g/mol. The summed E-state index contributed by atoms with van der Waals surface area (Å²) in [4.78, 5) is 35.4. The van der Waals surface area contributed by atoms with Crippen molar-refractivity contribution in [2.45, 2.75) is 32.7 Å². The predicted molar refractivity (Wildman–Crippen MR) is 57.1 cm³/mol. The van der Waals surface area contributed by atoms with Crippen LogP contribution >= 0.6 is 0 Å². The van der Waals surface area contributed by atoms with Gasteiger partial charge in [0.05, 0.1) is 0 Å². The number of barbiturate groups is 1. The number of terminal acetylenes is 1. The van der Waals surface area contributed by atoms with Gasteiger partial charge in [-0.2, -0.15) is 0 Å². The van der Waals surface area contributed by atoms with Crippen molar-refractivity contribution in [3.8, 4) is 12.3 Å². The lowest BCUT2D eigenvalue weighted by Crippen LogP contribution is -2.60. The molecule has 0 spiro atoms. The molecule has 4 amide bonds. The van der Waals surface area contributed by atoms with Gasteiger partial charge in [-0.25, -0.2) is 9.69 Å². The van der Waals surface area contributed by atoms with Crippen molar-refractivity contribution in [2.24, 2.45) is 5.92 Å². The molecule has 1 N–H and O–H groups in total. The van der Waals surface area contributed by atoms with E-state index in [2.05, 4.69) is 11.2 Å². The molecule has 1 heterocycles. The molecule has 1 rings (SSSR count). The number of rotatable bonds is 3. The number of nitrogens with zero attached hydrogens (tertiary/aromatic N) is 1. The van der Waals surface area contributed by atoms with Crippen LogP contribution in [0.2, 0.25) is 0 Å². The topological polar surface area (TPSA) is 66.5 Å². The Labute approximate surface area is 94.2 Å². The molecule has 0 bridgehead atoms. The SMILES string of the molecule is C#CC(CCC)N1C(=O)NC(=O)C(C)C1=O. The number of urea groups is 1. The third-order valence-electron chi connectivity index (χ3n) is 2.52. The Hall–Kier alpha value is -1.83. The van der Waals surface area contributed by atoms with Crippen LogP contribution in [0.3, 0.4) is 0 Å². The summed E-state index contributed by atoms with van der Waals surface area (Å²) in [5.41, 5.74) is 0. The fraction of sp³-hybridized carbons (Fsp3) is 0.545. The summed E-state index contributed by atoms with van der Waals surface area (Å²) in [5, 5.41) is 2.11. The van der Waals surface area contributed by atoms with E-state index in [-0.39, 0.29) is 0 Å². The van der Waals surface area contributed by atoms with Crippen LogP contribution in [-0.2, 0) is 9.59 Å². The van der Waals surface area contributed by atoms with Gasteiger partial charge in [0.1, 0.15) is 12.0 Å². The average molecular weight is 222 g/mol. The second-order valence-corrected chi connectivity index (χ2v) is 3.70. The van der Waals surface area contributed by atoms with E-state index in [0.29, 0.717) is 6.42 Å². The first-order chi connectivity index (χ1) is 7.52. The maximum absolute atomic E-state index is 11.8. The van der Waals surface area contributed by atoms with Crippen LogP contribution in [0.15, 0.2) is 0 Å². The monoisotopic (exact) mass is 222 g/mol. The van der Waals surface area contributed by atoms with Gasteiger partial charge in [0.25, 0.3) is 0 Å². The molecule has 2 unspecified atom stereocenters. The van der Waals surface area contributed by atoms with E-state index in [9.17, 15) is 14.4 Å². The van der Waals surface area contributed by atoms with Gasteiger partial charge in [-0.1, -0.05) is 19.3 Å². The molecule has 5 heteroatoms. The first kappa shape index (κ1) is 12.2. The first-order valence-electron chi connectivity index (χ1n) is 5.17. The summed E-state index contributed by atoms with van der Waals surface area (Å²) >= 11 is 0. The minimum atomic E-state index is -0.856. The molecule has 1 aliphatic rings. The van der Waals surface area contributed by atoms with E-state index in [1.807, 2.05) is 6.92 Å². The average Bonchev–Trinajstić information content (AvgIpc) is 2.25. The number of carbonyl (C=O) groups excluding carboxylic acids is 3. The highest BCUT2D eigenvalue weighted by atomic mass is 16.2. The fourth-order valence-corrected chi connectivity index (χ4v) is 1.55. The van der Waals surface area contributed by atoms with Crippen molar-refractivity contribution >= 4 is 17.8 Å². The van der Waals surface area contributed by atoms with Crippen LogP contribution in [0.5, 0.6) is 0 Å². The largest absolute Gasteiger partial charge is 0.331 e. The van der Waals surface area contributed by atoms with Crippen LogP contribution in [0, 0.1) is 18.3 Å². The zero-order chi connectivity index (χ0) is 12.3. The minimum absolute atomic E-state index is 0.523. The third kappa shape index (κ3) is 2.06. The highest BCUT2D eigenvalue weighted by Gasteiger charge is 2.40. The highest BCUT2D eigenvalue weighted by molar-refractivity contribution is 6.16. The number of carbonyl (C=O) groups is 3. The molecule has 5 nitrogen and oxygen atoms in total. The highest BCUT2D eigenvalue weighted by Crippen LogP contribution is 2.15. The molecule has 86 valence electrons. The van der Waals surface area contributed by atoms with Gasteiger partial charge in [0, 0.05) is 0 Å². The second-order valence-electron chi connectivity index (χ2n) is 3.70. The second kappa shape index (κ2) is 4.79. The maximum Gasteiger partial charge on any atom is 0.331 e. The van der Waals surface area contributed by atoms with Crippen LogP contribution in [0.25, 0.3) is 0 Å². The van der Waals surface area contributed by atoms with Crippen molar-refractivity contribution in [3.63, 3.8) is 0 Å². The number of amides is 4. The van der Waals surface area contributed by atoms with Crippen LogP contribution in [-0.4, -0.2) is 28.8 Å². The molecule has 0 aliphatic carbocycles. The number of imide groups is 2. The fourth-order valence-electron chi connectivity index (χ4n) is 1.55. The van der Waals surface area contributed by atoms with Crippen molar-refractivity contribution in [2.75, 3.05) is 0 Å². The summed E-state index contributed by atoms with van der Waals surface area (Å²) in [6.07, 6.45) is 6.58. The van der Waals surface area contributed by atoms with E-state index in [0.717, 1.165) is 11.3 Å². The van der Waals surface area contributed by atoms with Crippen LogP contribution < -0.4 is 5.32 Å². The van der Waals surface area contributed by atoms with Crippen LogP contribution in [0.4, 0.5) is 4.79 Å². The Morgan fingerprint density at radius 3 is 2.62 bits per heavy atom. The Bertz CT molecular complexity index is 370. The quantitative estimate of drug-likeness (QED) is 0.558. The van der Waals surface area contributed by atoms with Gasteiger partial charge in [-0.05, 0) is 13.3 Å². The Balaban J connectivity index is 2.94. The zero-order valence-corrected chi connectivity index (χ0v) is 9.32. The maximum atomic E-state index is 11.8. The molecule has 0 aromatic rings. The molecule has 2 atom stereocenters. The zero-order valence-electron chi connectivity index (χ0n) is 9.32. The Morgan fingerprint density at radius 2 is 2.12 bits per heavy atom. The number of hydrogen-bond acceptors (Lipinski definition) is 3. The van der Waals surface area contributed by atoms with Crippen molar-refractivity contribution in [1.29, 1.82) is 0 Å². The molecule has 0 aromatic heterocycles. The lowest BCUT2D eigenvalue weighted by Gasteiger charge is -2.32. The number of hydrogen-bond donors (Lipinski definition) is 1. The number of nitrogens with one attached hydrogen (secondary N) is 1. The molecule has 16 heavy (non-hydrogen) atoms. The Kier molecular flexibility index (Phi) is 3.67. The first-order valence-corrected chi connectivity index (χ1v) is 5.17. The lowest BCUT2D eigenvalue weighted by atomic mass is 10.0. The van der Waals surface area contributed by atoms with Gasteiger partial charge >= 0.3 is 6.03 Å². The van der Waals surface area contributed by atoms with E-state index in [4.69, 9.17) is 6.42 Å². The van der Waals surface area contributed by atoms with Gasteiger partial charge in [0.2, 0.25) is 11.8 Å². The van der Waals surface area contributed by atoms with Gasteiger partial charge in [0.15, 0.2) is 0 Å². The Morgan fingerprint density at radius 1 is 1.50 bits per heavy atom. The van der Waals surface area contributed by atoms with Crippen LogP contribution in [0.1, 0.15) is 26.7 Å². The summed E-state index contributed by atoms with van der Waals surface area (Å²) in [7, 11) is 0. The molecule has 0 aromatic carbocycles. The van der Waals surface area contributed by atoms with E-state index < -0.39 is 29.8 Å². The minimum Gasteiger partial charge on any atom is -0.277 e. The third-order valence-corrected chi connectivity index (χ3v) is 2.52. The van der Waals surface area contributed by atoms with Crippen molar-refractivity contribution < 1.29 is 14.4 Å². The molecule has 0 saturated carbocycles. The molecule has 1 saturated heterocycles. The van der Waals surface area contributed by atoms with E-state index in [1.165, 1.54) is 6.92 Å². The van der Waals surface area contributed by atoms with E-state index in [1.54, 1.807) is 0 Å². The molecule has 0 radical (unpaired) electrons. The molecular formula is C11H14N2O3. The molecule has 1 fully saturated rings. The van der Waals surface area contributed by atoms with Gasteiger partial charge in [-0.15, -0.1) is 6.42 Å². The molecule has 1 aliphatic heterocycles. The van der Waals surface area contributed by atoms with Crippen molar-refractivity contribution in [3.05, 3.63) is 0 Å². The van der Waals surface area contributed by atoms with Crippen molar-refractivity contribution in [1.82, 2.24) is 10.2 Å². The summed E-state index contributed by atoms with van der Waals surface area (Å²) in [6.45, 7) is 3.36. The normalized spacial score (nSPS) is 22.7. The van der Waals surface area contributed by atoms with E-state index >= 15 is 0 Å². The smallest absolute Gasteiger partial charge is 0.277 e. The summed E-state index contributed by atoms with van der Waals surface area (Å²) < 4.78 is 0. The standard InChI is InChI=1S/C11H14N2O3/c1-4-6-8(5-2)13-10(15)7(3)9(14)12-11(13)16/h2,7-8H,4,6H2,1,3H3,(H,12,14,16). The lowest BCUT2D eigenvalue weighted by molar-refractivity contribution is -0.142. The summed E-state index contributed by atoms with van der Waals surface area (Å²) in [6, 6.07) is -1.29.